The first kappa shape index (κ1) is 39.3. The van der Waals surface area contributed by atoms with Crippen molar-refractivity contribution in [1.29, 1.82) is 0 Å². The van der Waals surface area contributed by atoms with Gasteiger partial charge in [-0.1, -0.05) is 48.0 Å². The van der Waals surface area contributed by atoms with Gasteiger partial charge in [0.05, 0.1) is 12.8 Å². The molecule has 15 nitrogen and oxygen atoms in total. The fourth-order valence-electron chi connectivity index (χ4n) is 6.20. The molecule has 0 radical (unpaired) electrons. The molecule has 47 heavy (non-hydrogen) atoms. The Hall–Kier alpha value is -3.91. The van der Waals surface area contributed by atoms with E-state index in [0.29, 0.717) is 13.1 Å². The minimum absolute atomic E-state index is 0.0631. The van der Waals surface area contributed by atoms with Crippen LogP contribution in [0.15, 0.2) is 0 Å². The molecule has 0 bridgehead atoms. The predicted octanol–water partition coefficient (Wildman–Crippen LogP) is 1.21. The first-order valence-electron chi connectivity index (χ1n) is 16.7. The quantitative estimate of drug-likeness (QED) is 0.126. The lowest BCUT2D eigenvalue weighted by atomic mass is 9.79. The molecule has 6 amide bonds. The van der Waals surface area contributed by atoms with Crippen LogP contribution < -0.4 is 26.6 Å². The lowest BCUT2D eigenvalue weighted by Crippen LogP contribution is -2.60. The van der Waals surface area contributed by atoms with Crippen molar-refractivity contribution in [3.8, 4) is 0 Å². The van der Waals surface area contributed by atoms with E-state index in [1.807, 2.05) is 0 Å². The molecule has 266 valence electrons. The normalized spacial score (nSPS) is 22.0. The second-order valence-corrected chi connectivity index (χ2v) is 13.8. The lowest BCUT2D eigenvalue weighted by molar-refractivity contribution is -0.144. The molecular formula is C32H54N6O9. The summed E-state index contributed by atoms with van der Waals surface area (Å²) in [5, 5.41) is 31.8. The van der Waals surface area contributed by atoms with Crippen molar-refractivity contribution in [1.82, 2.24) is 31.5 Å². The fourth-order valence-corrected chi connectivity index (χ4v) is 6.20. The van der Waals surface area contributed by atoms with Crippen molar-refractivity contribution in [2.75, 3.05) is 13.1 Å². The Morgan fingerprint density at radius 1 is 0.702 bits per heavy atom. The number of carboxylic acids is 2. The second kappa shape index (κ2) is 18.4. The summed E-state index contributed by atoms with van der Waals surface area (Å²) in [4.78, 5) is 91.2. The number of nitrogens with zero attached hydrogens (tertiary/aromatic N) is 1. The first-order valence-corrected chi connectivity index (χ1v) is 16.7. The highest BCUT2D eigenvalue weighted by molar-refractivity contribution is 5.98. The van der Waals surface area contributed by atoms with Crippen LogP contribution in [-0.2, 0) is 28.8 Å². The van der Waals surface area contributed by atoms with Crippen LogP contribution in [0.25, 0.3) is 0 Å². The molecule has 7 N–H and O–H groups in total. The number of rotatable bonds is 16. The standard InChI is InChI=1S/C32H54N6O9/c1-17(2)14-23(31(45)46)35-29(43)22(16-25(40)41)33-28(42)21(15-24(39)38-12-7-8-13-38)34-30(44)26(18(3)4)36-32(47)37-27-19(5)10-9-11-20(27)6/h17-23,26-27H,7-16H2,1-6H3,(H,33,42)(H,34,44)(H,35,43)(H,40,41)(H,45,46)(H2,36,37,47)/t19-,20+,21-,22-,23-,26-,27?/m0/s1. The molecule has 2 rings (SSSR count). The van der Waals surface area contributed by atoms with Gasteiger partial charge in [-0.2, -0.15) is 0 Å². The average molecular weight is 667 g/mol. The van der Waals surface area contributed by atoms with Gasteiger partial charge in [-0.25, -0.2) is 9.59 Å². The van der Waals surface area contributed by atoms with Gasteiger partial charge in [-0.3, -0.25) is 24.0 Å². The summed E-state index contributed by atoms with van der Waals surface area (Å²) in [7, 11) is 0. The summed E-state index contributed by atoms with van der Waals surface area (Å²) < 4.78 is 0. The Morgan fingerprint density at radius 3 is 1.70 bits per heavy atom. The topological polar surface area (TPSA) is 223 Å². The van der Waals surface area contributed by atoms with Gasteiger partial charge in [0, 0.05) is 19.1 Å². The zero-order chi connectivity index (χ0) is 35.4. The molecule has 1 unspecified atom stereocenters. The van der Waals surface area contributed by atoms with E-state index in [0.717, 1.165) is 32.1 Å². The summed E-state index contributed by atoms with van der Waals surface area (Å²) >= 11 is 0. The molecular weight excluding hydrogens is 612 g/mol. The van der Waals surface area contributed by atoms with E-state index in [4.69, 9.17) is 0 Å². The molecule has 0 aromatic heterocycles. The van der Waals surface area contributed by atoms with E-state index in [-0.39, 0.29) is 30.2 Å². The average Bonchev–Trinajstić information content (AvgIpc) is 3.51. The summed E-state index contributed by atoms with van der Waals surface area (Å²) in [6.45, 7) is 12.0. The van der Waals surface area contributed by atoms with Crippen molar-refractivity contribution >= 4 is 41.6 Å². The monoisotopic (exact) mass is 666 g/mol. The number of urea groups is 1. The van der Waals surface area contributed by atoms with Gasteiger partial charge >= 0.3 is 18.0 Å². The number of amides is 6. The smallest absolute Gasteiger partial charge is 0.326 e. The number of carbonyl (C=O) groups excluding carboxylic acids is 5. The van der Waals surface area contributed by atoms with Crippen molar-refractivity contribution in [2.45, 2.75) is 123 Å². The van der Waals surface area contributed by atoms with E-state index in [1.165, 1.54) is 0 Å². The van der Waals surface area contributed by atoms with Crippen molar-refractivity contribution in [3.63, 3.8) is 0 Å². The van der Waals surface area contributed by atoms with Crippen LogP contribution in [0, 0.1) is 23.7 Å². The maximum Gasteiger partial charge on any atom is 0.326 e. The summed E-state index contributed by atoms with van der Waals surface area (Å²) in [6, 6.07) is -6.24. The van der Waals surface area contributed by atoms with Gasteiger partial charge < -0.3 is 41.7 Å². The third-order valence-electron chi connectivity index (χ3n) is 8.88. The van der Waals surface area contributed by atoms with Crippen molar-refractivity contribution in [3.05, 3.63) is 0 Å². The van der Waals surface area contributed by atoms with Crippen LogP contribution >= 0.6 is 0 Å². The molecule has 1 saturated heterocycles. The number of carboxylic acid groups (broad SMARTS) is 2. The second-order valence-electron chi connectivity index (χ2n) is 13.8. The fraction of sp³-hybridized carbons (Fsp3) is 0.781. The maximum absolute atomic E-state index is 13.6. The highest BCUT2D eigenvalue weighted by Crippen LogP contribution is 2.28. The maximum atomic E-state index is 13.6. The molecule has 1 heterocycles. The molecule has 0 aromatic rings. The van der Waals surface area contributed by atoms with Gasteiger partial charge in [0.15, 0.2) is 0 Å². The van der Waals surface area contributed by atoms with Gasteiger partial charge in [0.1, 0.15) is 24.2 Å². The van der Waals surface area contributed by atoms with Gasteiger partial charge in [-0.15, -0.1) is 0 Å². The van der Waals surface area contributed by atoms with Crippen LogP contribution in [0.5, 0.6) is 0 Å². The van der Waals surface area contributed by atoms with E-state index in [1.54, 1.807) is 32.6 Å². The number of hydrogen-bond acceptors (Lipinski definition) is 7. The largest absolute Gasteiger partial charge is 0.481 e. The zero-order valence-electron chi connectivity index (χ0n) is 28.5. The minimum atomic E-state index is -1.69. The highest BCUT2D eigenvalue weighted by atomic mass is 16.4. The third-order valence-corrected chi connectivity index (χ3v) is 8.88. The Balaban J connectivity index is 2.25. The predicted molar refractivity (Wildman–Crippen MR) is 172 cm³/mol. The lowest BCUT2D eigenvalue weighted by Gasteiger charge is -2.35. The van der Waals surface area contributed by atoms with E-state index in [2.05, 4.69) is 40.4 Å². The number of likely N-dealkylation sites (tertiary alicyclic amines) is 1. The summed E-state index contributed by atoms with van der Waals surface area (Å²) in [6.07, 6.45) is 3.30. The molecule has 2 aliphatic rings. The zero-order valence-corrected chi connectivity index (χ0v) is 28.5. The molecule has 0 spiro atoms. The summed E-state index contributed by atoms with van der Waals surface area (Å²) in [5.41, 5.74) is 0. The van der Waals surface area contributed by atoms with E-state index < -0.39 is 84.5 Å². The van der Waals surface area contributed by atoms with Crippen LogP contribution in [0.1, 0.15) is 92.9 Å². The van der Waals surface area contributed by atoms with Crippen LogP contribution in [0.2, 0.25) is 0 Å². The van der Waals surface area contributed by atoms with E-state index in [9.17, 15) is 43.8 Å². The minimum Gasteiger partial charge on any atom is -0.481 e. The van der Waals surface area contributed by atoms with Gasteiger partial charge in [0.2, 0.25) is 23.6 Å². The van der Waals surface area contributed by atoms with Crippen LogP contribution in [-0.4, -0.2) is 100 Å². The molecule has 15 heteroatoms. The molecule has 1 aliphatic heterocycles. The molecule has 1 saturated carbocycles. The number of aliphatic carboxylic acids is 2. The van der Waals surface area contributed by atoms with Crippen LogP contribution in [0.4, 0.5) is 4.79 Å². The van der Waals surface area contributed by atoms with Gasteiger partial charge in [-0.05, 0) is 55.8 Å². The third kappa shape index (κ3) is 12.7. The number of nitrogens with one attached hydrogen (secondary N) is 5. The Labute approximate surface area is 276 Å². The Morgan fingerprint density at radius 2 is 1.21 bits per heavy atom. The van der Waals surface area contributed by atoms with Gasteiger partial charge in [0.25, 0.3) is 0 Å². The number of hydrogen-bond donors (Lipinski definition) is 7. The van der Waals surface area contributed by atoms with E-state index >= 15 is 0 Å². The van der Waals surface area contributed by atoms with Crippen molar-refractivity contribution in [2.24, 2.45) is 23.7 Å². The van der Waals surface area contributed by atoms with Crippen molar-refractivity contribution < 1.29 is 43.8 Å². The SMILES string of the molecule is CC(C)C[C@H](NC(=O)[C@H](CC(=O)O)NC(=O)[C@H](CC(=O)N1CCCC1)NC(=O)[C@@H](NC(=O)NC1[C@H](C)CCC[C@@H]1C)C(C)C)C(=O)O. The molecule has 7 atom stereocenters. The molecule has 1 aliphatic carbocycles. The Kier molecular flexibility index (Phi) is 15.4. The first-order chi connectivity index (χ1) is 22.0. The van der Waals surface area contributed by atoms with Crippen LogP contribution in [0.3, 0.4) is 0 Å². The molecule has 0 aromatic carbocycles. The number of carbonyl (C=O) groups is 7. The highest BCUT2D eigenvalue weighted by Gasteiger charge is 2.36. The summed E-state index contributed by atoms with van der Waals surface area (Å²) in [5.74, 6) is -5.97. The Bertz CT molecular complexity index is 1130. The molecule has 2 fully saturated rings.